The molecule has 5 nitrogen and oxygen atoms in total. The van der Waals surface area contributed by atoms with Gasteiger partial charge in [-0.25, -0.2) is 9.98 Å². The molecule has 150 valence electrons. The van der Waals surface area contributed by atoms with Gasteiger partial charge in [0.1, 0.15) is 10.8 Å². The molecule has 0 spiro atoms. The molecular formula is C18H25F2IN4OS. The molecule has 2 aromatic rings. The van der Waals surface area contributed by atoms with Crippen molar-refractivity contribution in [2.24, 2.45) is 4.99 Å². The number of nitrogens with one attached hydrogen (secondary N) is 2. The van der Waals surface area contributed by atoms with E-state index in [0.717, 1.165) is 10.7 Å². The van der Waals surface area contributed by atoms with Crippen molar-refractivity contribution in [3.63, 3.8) is 0 Å². The summed E-state index contributed by atoms with van der Waals surface area (Å²) in [6, 6.07) is 6.66. The number of nitrogens with zero attached hydrogens (tertiary/aromatic N) is 2. The number of para-hydroxylation sites is 1. The predicted molar refractivity (Wildman–Crippen MR) is 116 cm³/mol. The third kappa shape index (κ3) is 7.96. The standard InChI is InChI=1S/C18H24F2N4OS.HI/c1-4-21-18(23-10-16-24-14(11-26-16)12(2)3)22-9-13-7-5-6-8-15(13)25-17(19)20;/h5-8,11-12,17H,4,9-10H2,1-3H3,(H2,21,22,23);1H. The quantitative estimate of drug-likeness (QED) is 0.306. The van der Waals surface area contributed by atoms with Crippen molar-refractivity contribution in [3.8, 4) is 5.75 Å². The molecule has 1 aromatic carbocycles. The van der Waals surface area contributed by atoms with Crippen LogP contribution in [0.5, 0.6) is 5.75 Å². The van der Waals surface area contributed by atoms with Crippen LogP contribution < -0.4 is 15.4 Å². The number of hydrogen-bond donors (Lipinski definition) is 2. The normalized spacial score (nSPS) is 11.4. The first-order valence-corrected chi connectivity index (χ1v) is 9.36. The summed E-state index contributed by atoms with van der Waals surface area (Å²) in [6.45, 7) is 4.80. The Morgan fingerprint density at radius 3 is 2.63 bits per heavy atom. The molecule has 2 N–H and O–H groups in total. The van der Waals surface area contributed by atoms with Gasteiger partial charge in [-0.05, 0) is 18.9 Å². The van der Waals surface area contributed by atoms with Crippen molar-refractivity contribution in [1.29, 1.82) is 0 Å². The van der Waals surface area contributed by atoms with E-state index in [1.807, 2.05) is 6.92 Å². The van der Waals surface area contributed by atoms with Crippen molar-refractivity contribution >= 4 is 41.3 Å². The van der Waals surface area contributed by atoms with E-state index in [1.54, 1.807) is 29.5 Å². The van der Waals surface area contributed by atoms with Crippen LogP contribution in [-0.4, -0.2) is 24.1 Å². The Morgan fingerprint density at radius 2 is 2.00 bits per heavy atom. The first-order valence-electron chi connectivity index (χ1n) is 8.48. The largest absolute Gasteiger partial charge is 0.434 e. The topological polar surface area (TPSA) is 58.5 Å². The SMILES string of the molecule is CCNC(=NCc1ccccc1OC(F)F)NCc1nc(C(C)C)cs1.I. The maximum absolute atomic E-state index is 12.5. The molecule has 0 saturated heterocycles. The lowest BCUT2D eigenvalue weighted by Gasteiger charge is -2.12. The average molecular weight is 510 g/mol. The van der Waals surface area contributed by atoms with Crippen molar-refractivity contribution in [2.75, 3.05) is 6.54 Å². The predicted octanol–water partition coefficient (Wildman–Crippen LogP) is 4.74. The number of thiazole rings is 1. The van der Waals surface area contributed by atoms with Gasteiger partial charge in [-0.2, -0.15) is 8.78 Å². The van der Waals surface area contributed by atoms with Crippen LogP contribution in [0.2, 0.25) is 0 Å². The average Bonchev–Trinajstić information content (AvgIpc) is 3.07. The Bertz CT molecular complexity index is 725. The molecule has 0 fully saturated rings. The zero-order valence-corrected chi connectivity index (χ0v) is 18.7. The number of aliphatic imine (C=N–C) groups is 1. The second kappa shape index (κ2) is 12.1. The number of aromatic nitrogens is 1. The van der Waals surface area contributed by atoms with E-state index in [2.05, 4.69) is 44.6 Å². The van der Waals surface area contributed by atoms with Gasteiger partial charge in [0.15, 0.2) is 5.96 Å². The van der Waals surface area contributed by atoms with Crippen LogP contribution in [0.15, 0.2) is 34.6 Å². The van der Waals surface area contributed by atoms with Crippen molar-refractivity contribution in [1.82, 2.24) is 15.6 Å². The third-order valence-corrected chi connectivity index (χ3v) is 4.38. The summed E-state index contributed by atoms with van der Waals surface area (Å²) < 4.78 is 29.5. The lowest BCUT2D eigenvalue weighted by Crippen LogP contribution is -2.36. The summed E-state index contributed by atoms with van der Waals surface area (Å²) >= 11 is 1.60. The molecule has 1 aromatic heterocycles. The Labute approximate surface area is 179 Å². The van der Waals surface area contributed by atoms with E-state index in [9.17, 15) is 8.78 Å². The summed E-state index contributed by atoms with van der Waals surface area (Å²) in [7, 11) is 0. The van der Waals surface area contributed by atoms with Crippen LogP contribution in [0.1, 0.15) is 43.0 Å². The molecule has 27 heavy (non-hydrogen) atoms. The lowest BCUT2D eigenvalue weighted by atomic mass is 10.2. The molecule has 0 atom stereocenters. The highest BCUT2D eigenvalue weighted by Gasteiger charge is 2.10. The molecule has 0 bridgehead atoms. The van der Waals surface area contributed by atoms with Gasteiger partial charge in [0, 0.05) is 17.5 Å². The Kier molecular flexibility index (Phi) is 10.5. The highest BCUT2D eigenvalue weighted by atomic mass is 127. The number of benzene rings is 1. The fraction of sp³-hybridized carbons (Fsp3) is 0.444. The second-order valence-corrected chi connectivity index (χ2v) is 6.80. The van der Waals surface area contributed by atoms with Crippen LogP contribution in [0.4, 0.5) is 8.78 Å². The minimum Gasteiger partial charge on any atom is -0.434 e. The molecule has 9 heteroatoms. The van der Waals surface area contributed by atoms with Crippen LogP contribution in [0.25, 0.3) is 0 Å². The van der Waals surface area contributed by atoms with Crippen molar-refractivity contribution < 1.29 is 13.5 Å². The van der Waals surface area contributed by atoms with Crippen LogP contribution in [0, 0.1) is 0 Å². The van der Waals surface area contributed by atoms with Gasteiger partial charge in [0.05, 0.1) is 18.8 Å². The maximum Gasteiger partial charge on any atom is 0.387 e. The summed E-state index contributed by atoms with van der Waals surface area (Å²) in [5.41, 5.74) is 1.67. The zero-order chi connectivity index (χ0) is 18.9. The molecule has 0 aliphatic carbocycles. The number of halogens is 3. The first-order chi connectivity index (χ1) is 12.5. The number of hydrogen-bond acceptors (Lipinski definition) is 4. The summed E-state index contributed by atoms with van der Waals surface area (Å²) in [5.74, 6) is 1.14. The van der Waals surface area contributed by atoms with Crippen LogP contribution >= 0.6 is 35.3 Å². The van der Waals surface area contributed by atoms with Gasteiger partial charge in [-0.15, -0.1) is 35.3 Å². The van der Waals surface area contributed by atoms with Gasteiger partial charge < -0.3 is 15.4 Å². The minimum atomic E-state index is -2.86. The second-order valence-electron chi connectivity index (χ2n) is 5.86. The number of alkyl halides is 2. The molecular weight excluding hydrogens is 485 g/mol. The summed E-state index contributed by atoms with van der Waals surface area (Å²) in [6.07, 6.45) is 0. The zero-order valence-electron chi connectivity index (χ0n) is 15.5. The Morgan fingerprint density at radius 1 is 1.26 bits per heavy atom. The molecule has 1 heterocycles. The van der Waals surface area contributed by atoms with E-state index in [1.165, 1.54) is 6.07 Å². The molecule has 0 aliphatic rings. The fourth-order valence-corrected chi connectivity index (χ4v) is 3.08. The number of ether oxygens (including phenoxy) is 1. The van der Waals surface area contributed by atoms with Gasteiger partial charge in [0.2, 0.25) is 0 Å². The van der Waals surface area contributed by atoms with Crippen molar-refractivity contribution in [2.45, 2.75) is 46.4 Å². The van der Waals surface area contributed by atoms with E-state index in [-0.39, 0.29) is 36.3 Å². The fourth-order valence-electron chi connectivity index (χ4n) is 2.18. The minimum absolute atomic E-state index is 0. The molecule has 0 saturated carbocycles. The van der Waals surface area contributed by atoms with Crippen LogP contribution in [0.3, 0.4) is 0 Å². The first kappa shape index (κ1) is 23.5. The monoisotopic (exact) mass is 510 g/mol. The van der Waals surface area contributed by atoms with Gasteiger partial charge in [-0.1, -0.05) is 32.0 Å². The molecule has 2 rings (SSSR count). The molecule has 0 unspecified atom stereocenters. The smallest absolute Gasteiger partial charge is 0.387 e. The number of guanidine groups is 1. The molecule has 0 radical (unpaired) electrons. The Balaban J connectivity index is 0.00000364. The van der Waals surface area contributed by atoms with Crippen molar-refractivity contribution in [3.05, 3.63) is 45.9 Å². The van der Waals surface area contributed by atoms with Crippen LogP contribution in [-0.2, 0) is 13.1 Å². The Hall–Kier alpha value is -1.49. The molecule has 0 aliphatic heterocycles. The van der Waals surface area contributed by atoms with Gasteiger partial charge in [-0.3, -0.25) is 0 Å². The van der Waals surface area contributed by atoms with Gasteiger partial charge >= 0.3 is 6.61 Å². The highest BCUT2D eigenvalue weighted by molar-refractivity contribution is 14.0. The van der Waals surface area contributed by atoms with E-state index in [4.69, 9.17) is 0 Å². The maximum atomic E-state index is 12.5. The number of rotatable bonds is 8. The lowest BCUT2D eigenvalue weighted by molar-refractivity contribution is -0.0504. The third-order valence-electron chi connectivity index (χ3n) is 3.51. The summed E-state index contributed by atoms with van der Waals surface area (Å²) in [4.78, 5) is 9.03. The van der Waals surface area contributed by atoms with E-state index in [0.29, 0.717) is 30.5 Å². The van der Waals surface area contributed by atoms with E-state index >= 15 is 0 Å². The highest BCUT2D eigenvalue weighted by Crippen LogP contribution is 2.21. The summed E-state index contributed by atoms with van der Waals surface area (Å²) in [5, 5.41) is 9.39. The van der Waals surface area contributed by atoms with E-state index < -0.39 is 6.61 Å². The molecule has 0 amide bonds. The van der Waals surface area contributed by atoms with Gasteiger partial charge in [0.25, 0.3) is 0 Å².